The van der Waals surface area contributed by atoms with E-state index in [1.54, 1.807) is 43.5 Å². The molecule has 0 spiro atoms. The van der Waals surface area contributed by atoms with Crippen LogP contribution in [0.4, 0.5) is 20.2 Å². The number of thiocarbonyl (C=S) groups is 1. The number of anilines is 2. The summed E-state index contributed by atoms with van der Waals surface area (Å²) < 4.78 is 35.5. The molecular formula is C22H20F2N2O2S. The highest BCUT2D eigenvalue weighted by molar-refractivity contribution is 7.80. The lowest BCUT2D eigenvalue weighted by molar-refractivity contribution is -0.0494. The Balaban J connectivity index is 1.85. The number of nitrogens with one attached hydrogen (secondary N) is 2. The van der Waals surface area contributed by atoms with Crippen molar-refractivity contribution in [2.45, 2.75) is 13.5 Å². The molecule has 0 aliphatic heterocycles. The van der Waals surface area contributed by atoms with Crippen molar-refractivity contribution < 1.29 is 18.3 Å². The Morgan fingerprint density at radius 2 is 1.69 bits per heavy atom. The van der Waals surface area contributed by atoms with Crippen LogP contribution in [0.1, 0.15) is 5.56 Å². The molecule has 0 bridgehead atoms. The van der Waals surface area contributed by atoms with Crippen molar-refractivity contribution in [3.63, 3.8) is 0 Å². The molecule has 3 aromatic rings. The van der Waals surface area contributed by atoms with Crippen LogP contribution in [0.15, 0.2) is 66.7 Å². The molecule has 3 aromatic carbocycles. The Morgan fingerprint density at radius 1 is 0.966 bits per heavy atom. The zero-order valence-corrected chi connectivity index (χ0v) is 16.7. The second kappa shape index (κ2) is 9.34. The van der Waals surface area contributed by atoms with E-state index in [0.29, 0.717) is 27.7 Å². The van der Waals surface area contributed by atoms with Crippen LogP contribution in [-0.4, -0.2) is 18.8 Å². The van der Waals surface area contributed by atoms with Gasteiger partial charge in [-0.25, -0.2) is 0 Å². The molecule has 150 valence electrons. The van der Waals surface area contributed by atoms with E-state index in [4.69, 9.17) is 17.0 Å². The first-order valence-corrected chi connectivity index (χ1v) is 9.24. The summed E-state index contributed by atoms with van der Waals surface area (Å²) in [5.41, 5.74) is 3.80. The third-order valence-corrected chi connectivity index (χ3v) is 4.45. The number of aryl methyl sites for hydroxylation is 1. The molecule has 2 N–H and O–H groups in total. The molecule has 4 nitrogen and oxygen atoms in total. The predicted octanol–water partition coefficient (Wildman–Crippen LogP) is 6.08. The first-order chi connectivity index (χ1) is 14.0. The number of para-hydroxylation sites is 1. The largest absolute Gasteiger partial charge is 0.497 e. The Kier molecular flexibility index (Phi) is 6.61. The average molecular weight is 414 g/mol. The van der Waals surface area contributed by atoms with Crippen molar-refractivity contribution in [3.05, 3.63) is 72.3 Å². The van der Waals surface area contributed by atoms with Crippen molar-refractivity contribution >= 4 is 28.7 Å². The minimum absolute atomic E-state index is 0.0773. The molecule has 0 atom stereocenters. The van der Waals surface area contributed by atoms with E-state index in [0.717, 1.165) is 11.3 Å². The zero-order valence-electron chi connectivity index (χ0n) is 15.9. The lowest BCUT2D eigenvalue weighted by Gasteiger charge is -2.16. The number of hydrogen-bond acceptors (Lipinski definition) is 3. The molecule has 0 aliphatic rings. The zero-order chi connectivity index (χ0) is 20.8. The van der Waals surface area contributed by atoms with Gasteiger partial charge in [0.15, 0.2) is 5.11 Å². The number of methoxy groups -OCH3 is 1. The van der Waals surface area contributed by atoms with E-state index in [9.17, 15) is 8.78 Å². The van der Waals surface area contributed by atoms with Crippen LogP contribution >= 0.6 is 12.2 Å². The average Bonchev–Trinajstić information content (AvgIpc) is 2.70. The summed E-state index contributed by atoms with van der Waals surface area (Å²) in [6, 6.07) is 19.7. The molecule has 0 aromatic heterocycles. The van der Waals surface area contributed by atoms with E-state index >= 15 is 0 Å². The van der Waals surface area contributed by atoms with Gasteiger partial charge in [0.2, 0.25) is 0 Å². The topological polar surface area (TPSA) is 42.5 Å². The van der Waals surface area contributed by atoms with Gasteiger partial charge in [-0.1, -0.05) is 30.3 Å². The van der Waals surface area contributed by atoms with E-state index < -0.39 is 6.61 Å². The van der Waals surface area contributed by atoms with E-state index in [1.165, 1.54) is 6.07 Å². The highest BCUT2D eigenvalue weighted by Crippen LogP contribution is 2.34. The predicted molar refractivity (Wildman–Crippen MR) is 116 cm³/mol. The fourth-order valence-corrected chi connectivity index (χ4v) is 3.03. The summed E-state index contributed by atoms with van der Waals surface area (Å²) in [6.45, 7) is -0.946. The quantitative estimate of drug-likeness (QED) is 0.479. The third-order valence-electron chi connectivity index (χ3n) is 4.25. The first-order valence-electron chi connectivity index (χ1n) is 8.83. The van der Waals surface area contributed by atoms with E-state index in [-0.39, 0.29) is 5.75 Å². The summed E-state index contributed by atoms with van der Waals surface area (Å²) in [7, 11) is 1.56. The molecule has 0 amide bonds. The molecule has 0 aliphatic carbocycles. The third kappa shape index (κ3) is 5.42. The van der Waals surface area contributed by atoms with Crippen LogP contribution in [0.2, 0.25) is 0 Å². The molecule has 0 unspecified atom stereocenters. The highest BCUT2D eigenvalue weighted by Gasteiger charge is 2.13. The van der Waals surface area contributed by atoms with Crippen LogP contribution in [0.25, 0.3) is 11.1 Å². The normalized spacial score (nSPS) is 10.5. The van der Waals surface area contributed by atoms with Crippen molar-refractivity contribution in [1.82, 2.24) is 0 Å². The number of rotatable bonds is 6. The van der Waals surface area contributed by atoms with Gasteiger partial charge >= 0.3 is 6.61 Å². The van der Waals surface area contributed by atoms with Gasteiger partial charge in [-0.2, -0.15) is 8.78 Å². The molecular weight excluding hydrogens is 394 g/mol. The number of benzene rings is 3. The Morgan fingerprint density at radius 3 is 2.34 bits per heavy atom. The maximum absolute atomic E-state index is 12.8. The van der Waals surface area contributed by atoms with Crippen molar-refractivity contribution in [1.29, 1.82) is 0 Å². The highest BCUT2D eigenvalue weighted by atomic mass is 32.1. The number of alkyl halides is 2. The maximum atomic E-state index is 12.8. The molecule has 0 fully saturated rings. The van der Waals surface area contributed by atoms with Crippen molar-refractivity contribution in [3.8, 4) is 22.6 Å². The van der Waals surface area contributed by atoms with Crippen LogP contribution in [0.3, 0.4) is 0 Å². The lowest BCUT2D eigenvalue weighted by atomic mass is 10.0. The Labute approximate surface area is 173 Å². The van der Waals surface area contributed by atoms with Crippen molar-refractivity contribution in [2.24, 2.45) is 0 Å². The second-order valence-corrected chi connectivity index (χ2v) is 6.62. The van der Waals surface area contributed by atoms with Gasteiger partial charge in [0.05, 0.1) is 7.11 Å². The molecule has 0 heterocycles. The smallest absolute Gasteiger partial charge is 0.387 e. The summed E-state index contributed by atoms with van der Waals surface area (Å²) in [5, 5.41) is 6.61. The molecule has 0 saturated carbocycles. The monoisotopic (exact) mass is 414 g/mol. The molecule has 0 radical (unpaired) electrons. The summed E-state index contributed by atoms with van der Waals surface area (Å²) in [6.07, 6.45) is 0. The number of ether oxygens (including phenoxy) is 2. The van der Waals surface area contributed by atoms with Crippen LogP contribution in [-0.2, 0) is 0 Å². The van der Waals surface area contributed by atoms with Crippen LogP contribution in [0, 0.1) is 6.92 Å². The molecule has 7 heteroatoms. The van der Waals surface area contributed by atoms with Gasteiger partial charge in [-0.15, -0.1) is 0 Å². The lowest BCUT2D eigenvalue weighted by Crippen LogP contribution is -2.19. The van der Waals surface area contributed by atoms with Gasteiger partial charge in [0.25, 0.3) is 0 Å². The molecule has 0 saturated heterocycles. The van der Waals surface area contributed by atoms with Crippen molar-refractivity contribution in [2.75, 3.05) is 17.7 Å². The number of hydrogen-bond donors (Lipinski definition) is 2. The SMILES string of the molecule is COc1ccc(-c2cc(NC(=S)Nc3ccccc3C)ccc2OC(F)F)cc1. The fourth-order valence-electron chi connectivity index (χ4n) is 2.80. The molecule has 29 heavy (non-hydrogen) atoms. The van der Waals surface area contributed by atoms with E-state index in [2.05, 4.69) is 15.4 Å². The number of halogens is 2. The summed E-state index contributed by atoms with van der Waals surface area (Å²) in [5.74, 6) is 0.747. The van der Waals surface area contributed by atoms with Crippen LogP contribution < -0.4 is 20.1 Å². The van der Waals surface area contributed by atoms with Gasteiger partial charge in [-0.3, -0.25) is 0 Å². The summed E-state index contributed by atoms with van der Waals surface area (Å²) >= 11 is 5.38. The van der Waals surface area contributed by atoms with Gasteiger partial charge in [0, 0.05) is 16.9 Å². The van der Waals surface area contributed by atoms with Gasteiger partial charge in [-0.05, 0) is 66.7 Å². The maximum Gasteiger partial charge on any atom is 0.387 e. The molecule has 3 rings (SSSR count). The second-order valence-electron chi connectivity index (χ2n) is 6.21. The van der Waals surface area contributed by atoms with Crippen LogP contribution in [0.5, 0.6) is 11.5 Å². The standard InChI is InChI=1S/C22H20F2N2O2S/c1-14-5-3-4-6-19(14)26-22(29)25-16-9-12-20(28-21(23)24)18(13-16)15-7-10-17(27-2)11-8-15/h3-13,21H,1-2H3,(H2,25,26,29). The summed E-state index contributed by atoms with van der Waals surface area (Å²) in [4.78, 5) is 0. The van der Waals surface area contributed by atoms with Gasteiger partial charge in [0.1, 0.15) is 11.5 Å². The minimum Gasteiger partial charge on any atom is -0.497 e. The Hall–Kier alpha value is -3.19. The fraction of sp³-hybridized carbons (Fsp3) is 0.136. The first kappa shape index (κ1) is 20.5. The van der Waals surface area contributed by atoms with E-state index in [1.807, 2.05) is 31.2 Å². The van der Waals surface area contributed by atoms with Gasteiger partial charge < -0.3 is 20.1 Å². The minimum atomic E-state index is -2.92. The Bertz CT molecular complexity index is 994.